The molecule has 110 valence electrons. The quantitative estimate of drug-likeness (QED) is 0.682. The largest absolute Gasteiger partial charge is 0.320 e. The molecule has 0 aliphatic carbocycles. The lowest BCUT2D eigenvalue weighted by molar-refractivity contribution is -0.126. The molecule has 2 rings (SSSR count). The minimum absolute atomic E-state index is 0.112. The van der Waals surface area contributed by atoms with Crippen molar-refractivity contribution < 1.29 is 9.59 Å². The number of benzene rings is 1. The molecule has 0 atom stereocenters. The van der Waals surface area contributed by atoms with Gasteiger partial charge in [0.05, 0.1) is 17.6 Å². The summed E-state index contributed by atoms with van der Waals surface area (Å²) >= 11 is 0. The Kier molecular flexibility index (Phi) is 4.44. The van der Waals surface area contributed by atoms with Crippen LogP contribution in [0.25, 0.3) is 0 Å². The molecular formula is C17H20N2O2. The van der Waals surface area contributed by atoms with Gasteiger partial charge < -0.3 is 5.73 Å². The highest BCUT2D eigenvalue weighted by Crippen LogP contribution is 2.41. The molecule has 4 nitrogen and oxygen atoms in total. The molecule has 0 aromatic heterocycles. The molecule has 1 fully saturated rings. The second kappa shape index (κ2) is 6.11. The summed E-state index contributed by atoms with van der Waals surface area (Å²) in [4.78, 5) is 26.4. The summed E-state index contributed by atoms with van der Waals surface area (Å²) in [7, 11) is 0. The van der Waals surface area contributed by atoms with Crippen LogP contribution >= 0.6 is 0 Å². The van der Waals surface area contributed by atoms with Gasteiger partial charge in [-0.1, -0.05) is 37.8 Å². The molecule has 0 saturated carbocycles. The molecular weight excluding hydrogens is 264 g/mol. The van der Waals surface area contributed by atoms with Gasteiger partial charge >= 0.3 is 0 Å². The average Bonchev–Trinajstić information content (AvgIpc) is 2.76. The van der Waals surface area contributed by atoms with E-state index in [2.05, 4.69) is 11.8 Å². The third kappa shape index (κ3) is 2.57. The molecule has 1 aromatic carbocycles. The Morgan fingerprint density at radius 3 is 2.48 bits per heavy atom. The zero-order chi connectivity index (χ0) is 15.5. The maximum atomic E-state index is 12.8. The summed E-state index contributed by atoms with van der Waals surface area (Å²) in [5, 5.41) is 0. The highest BCUT2D eigenvalue weighted by atomic mass is 16.2. The molecule has 0 radical (unpaired) electrons. The van der Waals surface area contributed by atoms with Gasteiger partial charge in [0.25, 0.3) is 0 Å². The summed E-state index contributed by atoms with van der Waals surface area (Å²) < 4.78 is 0. The fraction of sp³-hybridized carbons (Fsp3) is 0.412. The van der Waals surface area contributed by atoms with Crippen LogP contribution in [0, 0.1) is 17.3 Å². The van der Waals surface area contributed by atoms with E-state index in [4.69, 9.17) is 5.73 Å². The van der Waals surface area contributed by atoms with Crippen LogP contribution < -0.4 is 10.6 Å². The van der Waals surface area contributed by atoms with Gasteiger partial charge in [0.1, 0.15) is 0 Å². The minimum Gasteiger partial charge on any atom is -0.320 e. The van der Waals surface area contributed by atoms with Gasteiger partial charge in [0.2, 0.25) is 11.8 Å². The lowest BCUT2D eigenvalue weighted by atomic mass is 9.81. The Labute approximate surface area is 125 Å². The lowest BCUT2D eigenvalue weighted by Gasteiger charge is -2.24. The van der Waals surface area contributed by atoms with E-state index in [1.165, 1.54) is 4.90 Å². The van der Waals surface area contributed by atoms with Crippen LogP contribution in [-0.2, 0) is 9.59 Å². The first-order chi connectivity index (χ1) is 10.1. The summed E-state index contributed by atoms with van der Waals surface area (Å²) in [5.41, 5.74) is 6.06. The van der Waals surface area contributed by atoms with Gasteiger partial charge in [-0.25, -0.2) is 4.90 Å². The first-order valence-electron chi connectivity index (χ1n) is 7.25. The van der Waals surface area contributed by atoms with Crippen LogP contribution in [0.15, 0.2) is 24.3 Å². The number of nitrogens with zero attached hydrogens (tertiary/aromatic N) is 1. The third-order valence-corrected chi connectivity index (χ3v) is 4.22. The summed E-state index contributed by atoms with van der Waals surface area (Å²) in [6.45, 7) is 4.15. The number of rotatable bonds is 3. The van der Waals surface area contributed by atoms with Crippen molar-refractivity contribution in [3.63, 3.8) is 0 Å². The normalized spacial score (nSPS) is 16.8. The number of para-hydroxylation sites is 1. The van der Waals surface area contributed by atoms with Gasteiger partial charge in [0.15, 0.2) is 0 Å². The molecule has 1 aliphatic heterocycles. The Morgan fingerprint density at radius 1 is 1.24 bits per heavy atom. The maximum Gasteiger partial charge on any atom is 0.240 e. The van der Waals surface area contributed by atoms with Gasteiger partial charge in [0, 0.05) is 12.0 Å². The van der Waals surface area contributed by atoms with E-state index >= 15 is 0 Å². The lowest BCUT2D eigenvalue weighted by Crippen LogP contribution is -2.35. The molecule has 0 spiro atoms. The van der Waals surface area contributed by atoms with Crippen molar-refractivity contribution >= 4 is 17.5 Å². The van der Waals surface area contributed by atoms with E-state index in [0.717, 1.165) is 0 Å². The number of carbonyl (C=O) groups is 2. The van der Waals surface area contributed by atoms with Crippen LogP contribution in [-0.4, -0.2) is 18.4 Å². The van der Waals surface area contributed by atoms with E-state index in [9.17, 15) is 9.59 Å². The van der Waals surface area contributed by atoms with E-state index < -0.39 is 5.41 Å². The zero-order valence-electron chi connectivity index (χ0n) is 12.5. The van der Waals surface area contributed by atoms with Crippen molar-refractivity contribution in [2.24, 2.45) is 11.1 Å². The molecule has 1 aromatic rings. The first-order valence-corrected chi connectivity index (χ1v) is 7.25. The minimum atomic E-state index is -0.564. The Hall–Kier alpha value is -2.12. The van der Waals surface area contributed by atoms with E-state index in [1.807, 2.05) is 19.9 Å². The standard InChI is InChI=1S/C17H20N2O2/c1-3-17(4-2)12-15(20)19(16(17)21)14-10-6-5-8-13(14)9-7-11-18/h5-6,8,10H,3-4,11-12,18H2,1-2H3. The molecule has 1 heterocycles. The van der Waals surface area contributed by atoms with Crippen LogP contribution in [0.4, 0.5) is 5.69 Å². The predicted molar refractivity (Wildman–Crippen MR) is 82.5 cm³/mol. The van der Waals surface area contributed by atoms with Gasteiger partial charge in [-0.05, 0) is 25.0 Å². The first kappa shape index (κ1) is 15.3. The van der Waals surface area contributed by atoms with E-state index in [0.29, 0.717) is 24.1 Å². The Morgan fingerprint density at radius 2 is 1.90 bits per heavy atom. The topological polar surface area (TPSA) is 63.4 Å². The van der Waals surface area contributed by atoms with Crippen molar-refractivity contribution in [3.05, 3.63) is 29.8 Å². The summed E-state index contributed by atoms with van der Waals surface area (Å²) in [5.74, 6) is 5.45. The molecule has 1 saturated heterocycles. The number of imide groups is 1. The maximum absolute atomic E-state index is 12.8. The predicted octanol–water partition coefficient (Wildman–Crippen LogP) is 2.07. The van der Waals surface area contributed by atoms with Crippen molar-refractivity contribution in [2.45, 2.75) is 33.1 Å². The molecule has 2 amide bonds. The highest BCUT2D eigenvalue weighted by molar-refractivity contribution is 6.23. The number of amides is 2. The number of carbonyl (C=O) groups excluding carboxylic acids is 2. The zero-order valence-corrected chi connectivity index (χ0v) is 12.5. The van der Waals surface area contributed by atoms with E-state index in [-0.39, 0.29) is 24.8 Å². The van der Waals surface area contributed by atoms with Crippen molar-refractivity contribution in [1.29, 1.82) is 0 Å². The van der Waals surface area contributed by atoms with Crippen molar-refractivity contribution in [1.82, 2.24) is 0 Å². The summed E-state index contributed by atoms with van der Waals surface area (Å²) in [6.07, 6.45) is 1.61. The number of anilines is 1. The molecule has 0 unspecified atom stereocenters. The molecule has 1 aliphatic rings. The molecule has 0 bridgehead atoms. The van der Waals surface area contributed by atoms with Crippen LogP contribution in [0.3, 0.4) is 0 Å². The van der Waals surface area contributed by atoms with Gasteiger partial charge in [-0.2, -0.15) is 0 Å². The Balaban J connectivity index is 2.48. The Bertz CT molecular complexity index is 621. The van der Waals surface area contributed by atoms with Crippen molar-refractivity contribution in [2.75, 3.05) is 11.4 Å². The number of nitrogens with two attached hydrogens (primary N) is 1. The van der Waals surface area contributed by atoms with Gasteiger partial charge in [-0.15, -0.1) is 0 Å². The monoisotopic (exact) mass is 284 g/mol. The third-order valence-electron chi connectivity index (χ3n) is 4.22. The smallest absolute Gasteiger partial charge is 0.240 e. The van der Waals surface area contributed by atoms with E-state index in [1.54, 1.807) is 18.2 Å². The SMILES string of the molecule is CCC1(CC)CC(=O)N(c2ccccc2C#CCN)C1=O. The summed E-state index contributed by atoms with van der Waals surface area (Å²) in [6, 6.07) is 7.21. The fourth-order valence-corrected chi connectivity index (χ4v) is 2.76. The van der Waals surface area contributed by atoms with Crippen LogP contribution in [0.1, 0.15) is 38.7 Å². The second-order valence-electron chi connectivity index (χ2n) is 5.22. The van der Waals surface area contributed by atoms with Crippen molar-refractivity contribution in [3.8, 4) is 11.8 Å². The molecule has 4 heteroatoms. The van der Waals surface area contributed by atoms with Gasteiger partial charge in [-0.3, -0.25) is 9.59 Å². The van der Waals surface area contributed by atoms with Crippen LogP contribution in [0.2, 0.25) is 0 Å². The second-order valence-corrected chi connectivity index (χ2v) is 5.22. The molecule has 21 heavy (non-hydrogen) atoms. The average molecular weight is 284 g/mol. The van der Waals surface area contributed by atoms with Crippen LogP contribution in [0.5, 0.6) is 0 Å². The molecule has 2 N–H and O–H groups in total. The highest BCUT2D eigenvalue weighted by Gasteiger charge is 2.49. The fourth-order valence-electron chi connectivity index (χ4n) is 2.76. The number of hydrogen-bond acceptors (Lipinski definition) is 3. The number of hydrogen-bond donors (Lipinski definition) is 1.